The van der Waals surface area contributed by atoms with Gasteiger partial charge in [-0.2, -0.15) is 0 Å². The molecular formula is C5H4B3N3O4. The van der Waals surface area contributed by atoms with E-state index in [1.165, 1.54) is 0 Å². The van der Waals surface area contributed by atoms with E-state index in [0.717, 1.165) is 4.90 Å². The maximum Gasteiger partial charge on any atom is 0.440 e. The molecule has 0 bridgehead atoms. The van der Waals surface area contributed by atoms with Crippen LogP contribution < -0.4 is 10.7 Å². The number of aromatic amines is 1. The highest BCUT2D eigenvalue weighted by molar-refractivity contribution is 6.60. The molecule has 0 atom stereocenters. The number of aromatic nitrogens is 2. The van der Waals surface area contributed by atoms with E-state index in [1.54, 1.807) is 0 Å². The number of hydrogen-bond acceptors (Lipinski definition) is 5. The van der Waals surface area contributed by atoms with Gasteiger partial charge in [0.2, 0.25) is 5.95 Å². The fraction of sp³-hybridized carbons (Fsp3) is 0.400. The molecule has 0 amide bonds. The van der Waals surface area contributed by atoms with Crippen molar-refractivity contribution in [2.75, 3.05) is 11.4 Å². The number of carboxylic acids is 1. The lowest BCUT2D eigenvalue weighted by molar-refractivity contribution is -0.135. The zero-order valence-corrected chi connectivity index (χ0v) is 7.51. The van der Waals surface area contributed by atoms with E-state index < -0.39 is 23.5 Å². The summed E-state index contributed by atoms with van der Waals surface area (Å²) in [6, 6.07) is 0. The highest BCUT2D eigenvalue weighted by Crippen LogP contribution is 2.10. The molecule has 0 aromatic carbocycles. The summed E-state index contributed by atoms with van der Waals surface area (Å²) in [5, 5.41) is 9.80. The third kappa shape index (κ3) is 2.93. The van der Waals surface area contributed by atoms with Crippen LogP contribution >= 0.6 is 0 Å². The number of carboxylic acid groups (broad SMARTS) is 1. The SMILES string of the molecule is [B]C([B])([B])N(CC(=O)O)c1noc(=O)[nH]1. The van der Waals surface area contributed by atoms with Gasteiger partial charge in [0, 0.05) is 0 Å². The number of rotatable bonds is 4. The molecule has 1 rings (SSSR count). The Bertz CT molecular complexity index is 408. The summed E-state index contributed by atoms with van der Waals surface area (Å²) in [6.45, 7) is -0.633. The Hall–Kier alpha value is -1.60. The summed E-state index contributed by atoms with van der Waals surface area (Å²) in [5.41, 5.74) is 0. The molecule has 10 heteroatoms. The summed E-state index contributed by atoms with van der Waals surface area (Å²) >= 11 is 0. The molecule has 0 fully saturated rings. The molecule has 0 aliphatic rings. The van der Waals surface area contributed by atoms with Crippen molar-refractivity contribution in [3.05, 3.63) is 10.6 Å². The second-order valence-corrected chi connectivity index (χ2v) is 2.79. The lowest BCUT2D eigenvalue weighted by Gasteiger charge is -2.34. The Labute approximate surface area is 88.0 Å². The molecule has 2 N–H and O–H groups in total. The van der Waals surface area contributed by atoms with Crippen molar-refractivity contribution in [1.29, 1.82) is 0 Å². The monoisotopic (exact) mass is 203 g/mol. The van der Waals surface area contributed by atoms with E-state index in [9.17, 15) is 9.59 Å². The lowest BCUT2D eigenvalue weighted by atomic mass is 9.48. The molecule has 6 radical (unpaired) electrons. The van der Waals surface area contributed by atoms with Crippen molar-refractivity contribution in [2.24, 2.45) is 0 Å². The predicted octanol–water partition coefficient (Wildman–Crippen LogP) is -2.63. The van der Waals surface area contributed by atoms with Gasteiger partial charge in [0.25, 0.3) is 0 Å². The predicted molar refractivity (Wildman–Crippen MR) is 52.1 cm³/mol. The molecule has 0 aliphatic carbocycles. The topological polar surface area (TPSA) is 99.4 Å². The Morgan fingerprint density at radius 1 is 1.60 bits per heavy atom. The maximum atomic E-state index is 10.6. The number of anilines is 1. The quantitative estimate of drug-likeness (QED) is 0.518. The average molecular weight is 203 g/mol. The van der Waals surface area contributed by atoms with Crippen LogP contribution in [0.2, 0.25) is 0 Å². The molecule has 7 nitrogen and oxygen atoms in total. The Morgan fingerprint density at radius 3 is 2.53 bits per heavy atom. The fourth-order valence-corrected chi connectivity index (χ4v) is 0.869. The first-order valence-electron chi connectivity index (χ1n) is 3.73. The van der Waals surface area contributed by atoms with Crippen molar-refractivity contribution in [2.45, 2.75) is 5.24 Å². The molecule has 0 spiro atoms. The van der Waals surface area contributed by atoms with Crippen LogP contribution in [0, 0.1) is 0 Å². The first-order chi connectivity index (χ1) is 6.80. The maximum absolute atomic E-state index is 10.6. The summed E-state index contributed by atoms with van der Waals surface area (Å²) < 4.78 is 4.16. The molecule has 0 saturated carbocycles. The summed E-state index contributed by atoms with van der Waals surface area (Å²) in [7, 11) is 15.9. The highest BCUT2D eigenvalue weighted by Gasteiger charge is 2.25. The van der Waals surface area contributed by atoms with E-state index in [1.807, 2.05) is 0 Å². The van der Waals surface area contributed by atoms with E-state index in [2.05, 4.69) is 14.7 Å². The minimum absolute atomic E-state index is 0.255. The van der Waals surface area contributed by atoms with E-state index in [0.29, 0.717) is 0 Å². The van der Waals surface area contributed by atoms with Gasteiger partial charge in [-0.15, -0.1) is 0 Å². The second kappa shape index (κ2) is 3.88. The van der Waals surface area contributed by atoms with Crippen LogP contribution in [-0.2, 0) is 4.79 Å². The molecule has 1 aromatic rings. The van der Waals surface area contributed by atoms with Crippen LogP contribution in [0.15, 0.2) is 9.32 Å². The van der Waals surface area contributed by atoms with Crippen molar-refractivity contribution >= 4 is 35.5 Å². The van der Waals surface area contributed by atoms with Crippen molar-refractivity contribution in [3.8, 4) is 0 Å². The molecule has 1 aromatic heterocycles. The number of hydrogen-bond donors (Lipinski definition) is 2. The average Bonchev–Trinajstić information content (AvgIpc) is 2.45. The van der Waals surface area contributed by atoms with Crippen molar-refractivity contribution in [3.63, 3.8) is 0 Å². The molecule has 15 heavy (non-hydrogen) atoms. The van der Waals surface area contributed by atoms with Gasteiger partial charge < -0.3 is 10.0 Å². The molecule has 0 aliphatic heterocycles. The van der Waals surface area contributed by atoms with Gasteiger partial charge in [-0.3, -0.25) is 14.3 Å². The standard InChI is InChI=1S/C5H4B3N3O4/c6-5(7,8)11(1-2(12)13)3-9-4(14)15-10-3/h1H2,(H,12,13)(H,9,10,14). The second-order valence-electron chi connectivity index (χ2n) is 2.79. The summed E-state index contributed by atoms with van der Waals surface area (Å²) in [5.74, 6) is -2.37. The minimum Gasteiger partial charge on any atom is -0.480 e. The van der Waals surface area contributed by atoms with E-state index >= 15 is 0 Å². The summed E-state index contributed by atoms with van der Waals surface area (Å²) in [4.78, 5) is 23.9. The van der Waals surface area contributed by atoms with E-state index in [-0.39, 0.29) is 5.95 Å². The number of nitrogens with zero attached hydrogens (tertiary/aromatic N) is 2. The van der Waals surface area contributed by atoms with Crippen LogP contribution in [0.5, 0.6) is 0 Å². The van der Waals surface area contributed by atoms with Crippen LogP contribution in [0.1, 0.15) is 0 Å². The Morgan fingerprint density at radius 2 is 2.20 bits per heavy atom. The van der Waals surface area contributed by atoms with Crippen molar-refractivity contribution < 1.29 is 14.4 Å². The zero-order chi connectivity index (χ0) is 11.6. The number of nitrogens with one attached hydrogen (secondary N) is 1. The third-order valence-electron chi connectivity index (χ3n) is 1.45. The van der Waals surface area contributed by atoms with Gasteiger partial charge in [0.15, 0.2) is 0 Å². The number of aliphatic carboxylic acids is 1. The third-order valence-corrected chi connectivity index (χ3v) is 1.45. The van der Waals surface area contributed by atoms with Gasteiger partial charge in [-0.25, -0.2) is 4.79 Å². The number of carbonyl (C=O) groups is 1. The first kappa shape index (κ1) is 11.5. The van der Waals surface area contributed by atoms with Gasteiger partial charge in [0.1, 0.15) is 6.54 Å². The largest absolute Gasteiger partial charge is 0.480 e. The van der Waals surface area contributed by atoms with E-state index in [4.69, 9.17) is 28.6 Å². The first-order valence-corrected chi connectivity index (χ1v) is 3.73. The van der Waals surface area contributed by atoms with Crippen molar-refractivity contribution in [1.82, 2.24) is 10.1 Å². The minimum atomic E-state index is -1.97. The van der Waals surface area contributed by atoms with Gasteiger partial charge >= 0.3 is 11.7 Å². The molecule has 1 heterocycles. The van der Waals surface area contributed by atoms with Gasteiger partial charge in [0.05, 0.1) is 23.5 Å². The van der Waals surface area contributed by atoms with Gasteiger partial charge in [-0.05, 0) is 5.16 Å². The zero-order valence-electron chi connectivity index (χ0n) is 7.51. The van der Waals surface area contributed by atoms with Crippen LogP contribution in [0.3, 0.4) is 0 Å². The summed E-state index contributed by atoms with van der Waals surface area (Å²) in [6.07, 6.45) is 0. The molecule has 0 saturated heterocycles. The molecular weight excluding hydrogens is 199 g/mol. The van der Waals surface area contributed by atoms with Crippen LogP contribution in [0.25, 0.3) is 0 Å². The Kier molecular flexibility index (Phi) is 2.97. The Balaban J connectivity index is 3.01. The lowest BCUT2D eigenvalue weighted by Crippen LogP contribution is -2.53. The smallest absolute Gasteiger partial charge is 0.440 e. The fourth-order valence-electron chi connectivity index (χ4n) is 0.869. The normalized spacial score (nSPS) is 11.2. The van der Waals surface area contributed by atoms with Crippen LogP contribution in [-0.4, -0.2) is 56.5 Å². The highest BCUT2D eigenvalue weighted by atomic mass is 16.5. The van der Waals surface area contributed by atoms with Gasteiger partial charge in [-0.1, -0.05) is 5.24 Å². The van der Waals surface area contributed by atoms with Crippen LogP contribution in [0.4, 0.5) is 5.95 Å². The molecule has 0 unspecified atom stereocenters. The molecule has 72 valence electrons. The number of H-pyrrole nitrogens is 1.